The van der Waals surface area contributed by atoms with Crippen LogP contribution >= 0.6 is 0 Å². The van der Waals surface area contributed by atoms with E-state index in [2.05, 4.69) is 24.8 Å². The topological polar surface area (TPSA) is 0 Å². The highest BCUT2D eigenvalue weighted by molar-refractivity contribution is 5.46. The number of rotatable bonds is 4. The second kappa shape index (κ2) is 20.2. The first-order valence-electron chi connectivity index (χ1n) is 6.54. The first kappa shape index (κ1) is 21.0. The molecule has 17 heavy (non-hydrogen) atoms. The number of hydrogen-bond donors (Lipinski definition) is 0. The molecule has 0 fully saturated rings. The van der Waals surface area contributed by atoms with E-state index in [-0.39, 0.29) is 0 Å². The third-order valence-electron chi connectivity index (χ3n) is 1.68. The van der Waals surface area contributed by atoms with Gasteiger partial charge in [0.15, 0.2) is 0 Å². The van der Waals surface area contributed by atoms with Gasteiger partial charge in [0.1, 0.15) is 0 Å². The number of allylic oxidation sites excluding steroid dienone is 9. The van der Waals surface area contributed by atoms with E-state index in [1.807, 2.05) is 72.8 Å². The third kappa shape index (κ3) is 12.6. The Bertz CT molecular complexity index is 260. The molecule has 0 saturated carbocycles. The van der Waals surface area contributed by atoms with Gasteiger partial charge in [0.25, 0.3) is 0 Å². The van der Waals surface area contributed by atoms with Gasteiger partial charge < -0.3 is 0 Å². The Kier molecular flexibility index (Phi) is 24.9. The summed E-state index contributed by atoms with van der Waals surface area (Å²) in [6.45, 7) is 17.8. The van der Waals surface area contributed by atoms with Crippen LogP contribution in [0.5, 0.6) is 0 Å². The standard InChI is InChI=1S/C13H18.2C2H6/c1-5-9-11-13(8-4)12(7-3)10-6-2;2*1-2/h5-11H,4H2,1-3H3;2*1-2H3/b9-5-,10-6-,12-7-,13-11-;;. The van der Waals surface area contributed by atoms with Crippen LogP contribution in [-0.4, -0.2) is 0 Å². The van der Waals surface area contributed by atoms with Gasteiger partial charge in [-0.2, -0.15) is 0 Å². The summed E-state index contributed by atoms with van der Waals surface area (Å²) in [4.78, 5) is 0. The van der Waals surface area contributed by atoms with Crippen molar-refractivity contribution in [3.63, 3.8) is 0 Å². The van der Waals surface area contributed by atoms with E-state index in [0.29, 0.717) is 0 Å². The van der Waals surface area contributed by atoms with Crippen molar-refractivity contribution < 1.29 is 0 Å². The van der Waals surface area contributed by atoms with Crippen LogP contribution in [0.15, 0.2) is 60.3 Å². The van der Waals surface area contributed by atoms with E-state index >= 15 is 0 Å². The summed E-state index contributed by atoms with van der Waals surface area (Å²) >= 11 is 0. The first-order chi connectivity index (χ1) is 8.29. The van der Waals surface area contributed by atoms with Crippen molar-refractivity contribution in [2.45, 2.75) is 48.5 Å². The molecule has 98 valence electrons. The maximum absolute atomic E-state index is 3.79. The summed E-state index contributed by atoms with van der Waals surface area (Å²) in [5.41, 5.74) is 2.36. The Balaban J connectivity index is -0.000000439. The van der Waals surface area contributed by atoms with Gasteiger partial charge in [-0.05, 0) is 31.9 Å². The zero-order valence-corrected chi connectivity index (χ0v) is 12.7. The summed E-state index contributed by atoms with van der Waals surface area (Å²) in [6.07, 6.45) is 14.1. The molecule has 0 rings (SSSR count). The van der Waals surface area contributed by atoms with Crippen LogP contribution in [0.4, 0.5) is 0 Å². The lowest BCUT2D eigenvalue weighted by Gasteiger charge is -2.00. The van der Waals surface area contributed by atoms with Crippen LogP contribution in [-0.2, 0) is 0 Å². The lowest BCUT2D eigenvalue weighted by Crippen LogP contribution is -1.80. The van der Waals surface area contributed by atoms with E-state index < -0.39 is 0 Å². The van der Waals surface area contributed by atoms with Crippen LogP contribution in [0.2, 0.25) is 0 Å². The molecule has 0 aliphatic heterocycles. The summed E-state index contributed by atoms with van der Waals surface area (Å²) in [6, 6.07) is 0. The van der Waals surface area contributed by atoms with Crippen LogP contribution in [0.3, 0.4) is 0 Å². The van der Waals surface area contributed by atoms with Crippen molar-refractivity contribution in [2.75, 3.05) is 0 Å². The van der Waals surface area contributed by atoms with Gasteiger partial charge in [-0.1, -0.05) is 76.8 Å². The van der Waals surface area contributed by atoms with E-state index in [0.717, 1.165) is 5.57 Å². The molecule has 0 aromatic heterocycles. The molecule has 0 aliphatic rings. The van der Waals surface area contributed by atoms with Gasteiger partial charge >= 0.3 is 0 Å². The molecule has 0 amide bonds. The molecule has 0 aromatic carbocycles. The van der Waals surface area contributed by atoms with Crippen molar-refractivity contribution >= 4 is 0 Å². The average Bonchev–Trinajstić information content (AvgIpc) is 2.42. The fourth-order valence-electron chi connectivity index (χ4n) is 1.02. The fourth-order valence-corrected chi connectivity index (χ4v) is 1.02. The van der Waals surface area contributed by atoms with Gasteiger partial charge in [0.2, 0.25) is 0 Å². The largest absolute Gasteiger partial charge is 0.0984 e. The maximum atomic E-state index is 3.79. The zero-order chi connectivity index (χ0) is 14.1. The van der Waals surface area contributed by atoms with E-state index in [9.17, 15) is 0 Å². The van der Waals surface area contributed by atoms with Crippen LogP contribution in [0, 0.1) is 0 Å². The summed E-state index contributed by atoms with van der Waals surface area (Å²) in [7, 11) is 0. The second-order valence-electron chi connectivity index (χ2n) is 2.60. The SMILES string of the molecule is C=CC(=C/C=C\C)/C(/C=C\C)=C\C.CC.CC. The smallest absolute Gasteiger partial charge is 0.0193 e. The normalized spacial score (nSPS) is 11.7. The molecule has 0 heteroatoms. The molecule has 0 radical (unpaired) electrons. The molecular weight excluding hydrogens is 204 g/mol. The molecule has 0 bridgehead atoms. The van der Waals surface area contributed by atoms with Crippen LogP contribution in [0.25, 0.3) is 0 Å². The van der Waals surface area contributed by atoms with Crippen LogP contribution < -0.4 is 0 Å². The Morgan fingerprint density at radius 1 is 0.824 bits per heavy atom. The minimum atomic E-state index is 1.15. The van der Waals surface area contributed by atoms with Crippen LogP contribution in [0.1, 0.15) is 48.5 Å². The highest BCUT2D eigenvalue weighted by Crippen LogP contribution is 2.12. The molecule has 0 heterocycles. The Labute approximate surface area is 109 Å². The Morgan fingerprint density at radius 3 is 1.65 bits per heavy atom. The van der Waals surface area contributed by atoms with Gasteiger partial charge in [-0.15, -0.1) is 0 Å². The minimum absolute atomic E-state index is 1.15. The van der Waals surface area contributed by atoms with Crippen molar-refractivity contribution in [2.24, 2.45) is 0 Å². The minimum Gasteiger partial charge on any atom is -0.0984 e. The number of hydrogen-bond acceptors (Lipinski definition) is 0. The summed E-state index contributed by atoms with van der Waals surface area (Å²) < 4.78 is 0. The highest BCUT2D eigenvalue weighted by Gasteiger charge is 1.93. The summed E-state index contributed by atoms with van der Waals surface area (Å²) in [5.74, 6) is 0. The van der Waals surface area contributed by atoms with E-state index in [1.165, 1.54) is 5.57 Å². The maximum Gasteiger partial charge on any atom is -0.0193 e. The van der Waals surface area contributed by atoms with Crippen molar-refractivity contribution in [3.05, 3.63) is 60.3 Å². The Hall–Kier alpha value is -1.30. The van der Waals surface area contributed by atoms with Gasteiger partial charge in [0, 0.05) is 0 Å². The lowest BCUT2D eigenvalue weighted by atomic mass is 10.1. The van der Waals surface area contributed by atoms with Crippen molar-refractivity contribution in [1.29, 1.82) is 0 Å². The quantitative estimate of drug-likeness (QED) is 0.504. The molecule has 0 aliphatic carbocycles. The van der Waals surface area contributed by atoms with Gasteiger partial charge in [0.05, 0.1) is 0 Å². The second-order valence-corrected chi connectivity index (χ2v) is 2.60. The van der Waals surface area contributed by atoms with Crippen molar-refractivity contribution in [3.8, 4) is 0 Å². The van der Waals surface area contributed by atoms with Gasteiger partial charge in [-0.25, -0.2) is 0 Å². The lowest BCUT2D eigenvalue weighted by molar-refractivity contribution is 1.49. The van der Waals surface area contributed by atoms with Gasteiger partial charge in [-0.3, -0.25) is 0 Å². The molecule has 0 aromatic rings. The molecule has 0 spiro atoms. The Morgan fingerprint density at radius 2 is 1.35 bits per heavy atom. The predicted octanol–water partition coefficient (Wildman–Crippen LogP) is 6.25. The molecular formula is C17H30. The van der Waals surface area contributed by atoms with E-state index in [4.69, 9.17) is 0 Å². The molecule has 0 nitrogen and oxygen atoms in total. The van der Waals surface area contributed by atoms with E-state index in [1.54, 1.807) is 0 Å². The molecule has 0 saturated heterocycles. The first-order valence-corrected chi connectivity index (χ1v) is 6.54. The molecule has 0 atom stereocenters. The van der Waals surface area contributed by atoms with Crippen molar-refractivity contribution in [1.82, 2.24) is 0 Å². The summed E-state index contributed by atoms with van der Waals surface area (Å²) in [5, 5.41) is 0. The zero-order valence-electron chi connectivity index (χ0n) is 12.7. The highest BCUT2D eigenvalue weighted by atomic mass is 14.0. The average molecular weight is 234 g/mol. The molecule has 0 N–H and O–H groups in total. The monoisotopic (exact) mass is 234 g/mol. The fraction of sp³-hybridized carbons (Fsp3) is 0.412. The predicted molar refractivity (Wildman–Crippen MR) is 84.4 cm³/mol. The third-order valence-corrected chi connectivity index (χ3v) is 1.68. The molecule has 0 unspecified atom stereocenters.